The molecule has 1 heterocycles. The maximum Gasteiger partial charge on any atom is 0.434 e. The van der Waals surface area contributed by atoms with Gasteiger partial charge in [0.25, 0.3) is 0 Å². The van der Waals surface area contributed by atoms with Gasteiger partial charge in [-0.2, -0.15) is 0 Å². The van der Waals surface area contributed by atoms with Gasteiger partial charge in [0.05, 0.1) is 6.54 Å². The van der Waals surface area contributed by atoms with E-state index in [2.05, 4.69) is 11.6 Å². The van der Waals surface area contributed by atoms with Gasteiger partial charge in [-0.3, -0.25) is 0 Å². The third-order valence-corrected chi connectivity index (χ3v) is 1.18. The molecule has 0 spiro atoms. The molecule has 11 heavy (non-hydrogen) atoms. The molecule has 0 radical (unpaired) electrons. The van der Waals surface area contributed by atoms with Crippen LogP contribution < -0.4 is 0 Å². The lowest BCUT2D eigenvalue weighted by Gasteiger charge is -1.95. The Hall–Kier alpha value is -1.65. The third-order valence-electron chi connectivity index (χ3n) is 1.18. The molecule has 58 valence electrons. The van der Waals surface area contributed by atoms with Crippen molar-refractivity contribution in [2.45, 2.75) is 6.54 Å². The predicted molar refractivity (Wildman–Crippen MR) is 39.1 cm³/mol. The average molecular weight is 153 g/mol. The molecule has 1 aromatic rings. The smallest absolute Gasteiger partial charge is 0.390 e. The first-order valence-electron chi connectivity index (χ1n) is 3.02. The van der Waals surface area contributed by atoms with Crippen LogP contribution in [0.2, 0.25) is 0 Å². The highest BCUT2D eigenvalue weighted by atomic mass is 16.6. The van der Waals surface area contributed by atoms with Crippen molar-refractivity contribution >= 4 is 5.95 Å². The summed E-state index contributed by atoms with van der Waals surface area (Å²) >= 11 is 0. The summed E-state index contributed by atoms with van der Waals surface area (Å²) in [5.74, 6) is -0.148. The Morgan fingerprint density at radius 2 is 2.64 bits per heavy atom. The van der Waals surface area contributed by atoms with Crippen molar-refractivity contribution in [3.63, 3.8) is 0 Å². The molecule has 0 saturated carbocycles. The number of imidazole rings is 1. The molecular weight excluding hydrogens is 146 g/mol. The van der Waals surface area contributed by atoms with Crippen LogP contribution in [0, 0.1) is 10.1 Å². The zero-order chi connectivity index (χ0) is 8.27. The molecule has 0 aliphatic carbocycles. The highest BCUT2D eigenvalue weighted by Crippen LogP contribution is 2.06. The van der Waals surface area contributed by atoms with Crippen LogP contribution in [0.25, 0.3) is 0 Å². The molecule has 5 heteroatoms. The van der Waals surface area contributed by atoms with E-state index in [-0.39, 0.29) is 5.95 Å². The summed E-state index contributed by atoms with van der Waals surface area (Å²) in [4.78, 5) is 13.3. The van der Waals surface area contributed by atoms with Gasteiger partial charge in [-0.25, -0.2) is 4.57 Å². The molecule has 0 aliphatic heterocycles. The quantitative estimate of drug-likeness (QED) is 0.369. The number of hydrogen-bond donors (Lipinski definition) is 0. The van der Waals surface area contributed by atoms with E-state index in [1.54, 1.807) is 12.3 Å². The highest BCUT2D eigenvalue weighted by Gasteiger charge is 2.11. The molecular formula is C6H7N3O2. The fraction of sp³-hybridized carbons (Fsp3) is 0.167. The summed E-state index contributed by atoms with van der Waals surface area (Å²) in [5, 5.41) is 10.2. The van der Waals surface area contributed by atoms with Crippen molar-refractivity contribution in [1.82, 2.24) is 9.55 Å². The number of nitro groups is 1. The van der Waals surface area contributed by atoms with Crippen LogP contribution in [0.15, 0.2) is 25.0 Å². The Bertz CT molecular complexity index is 279. The zero-order valence-electron chi connectivity index (χ0n) is 5.80. The van der Waals surface area contributed by atoms with Gasteiger partial charge in [0.15, 0.2) is 0 Å². The van der Waals surface area contributed by atoms with Crippen molar-refractivity contribution in [3.8, 4) is 0 Å². The van der Waals surface area contributed by atoms with Gasteiger partial charge in [-0.1, -0.05) is 17.6 Å². The number of nitrogens with zero attached hydrogens (tertiary/aromatic N) is 3. The standard InChI is InChI=1S/C6H7N3O2/c1-2-4-8-5-3-7-6(8)9(10)11/h2-3,5H,1,4H2. The summed E-state index contributed by atoms with van der Waals surface area (Å²) < 4.78 is 1.41. The fourth-order valence-electron chi connectivity index (χ4n) is 0.755. The largest absolute Gasteiger partial charge is 0.434 e. The van der Waals surface area contributed by atoms with E-state index in [0.29, 0.717) is 6.54 Å². The van der Waals surface area contributed by atoms with E-state index in [0.717, 1.165) is 0 Å². The lowest BCUT2D eigenvalue weighted by atomic mass is 10.6. The third kappa shape index (κ3) is 1.43. The Morgan fingerprint density at radius 1 is 1.91 bits per heavy atom. The van der Waals surface area contributed by atoms with Crippen molar-refractivity contribution in [2.75, 3.05) is 0 Å². The second-order valence-electron chi connectivity index (χ2n) is 1.93. The van der Waals surface area contributed by atoms with Crippen molar-refractivity contribution in [2.24, 2.45) is 0 Å². The average Bonchev–Trinajstić information content (AvgIpc) is 2.36. The van der Waals surface area contributed by atoms with Gasteiger partial charge < -0.3 is 10.1 Å². The maximum atomic E-state index is 10.2. The Morgan fingerprint density at radius 3 is 3.18 bits per heavy atom. The Balaban J connectivity index is 2.95. The molecule has 0 fully saturated rings. The number of rotatable bonds is 3. The molecule has 0 amide bonds. The maximum absolute atomic E-state index is 10.2. The van der Waals surface area contributed by atoms with E-state index in [9.17, 15) is 10.1 Å². The summed E-state index contributed by atoms with van der Waals surface area (Å²) in [6.45, 7) is 3.88. The Kier molecular flexibility index (Phi) is 2.00. The Labute approximate surface area is 63.1 Å². The van der Waals surface area contributed by atoms with Crippen LogP contribution in [0.5, 0.6) is 0 Å². The normalized spacial score (nSPS) is 9.45. The van der Waals surface area contributed by atoms with Crippen LogP contribution in [-0.4, -0.2) is 14.5 Å². The summed E-state index contributed by atoms with van der Waals surface area (Å²) in [7, 11) is 0. The molecule has 1 rings (SSSR count). The molecule has 0 bridgehead atoms. The first-order valence-corrected chi connectivity index (χ1v) is 3.02. The van der Waals surface area contributed by atoms with Gasteiger partial charge >= 0.3 is 5.95 Å². The second kappa shape index (κ2) is 2.96. The van der Waals surface area contributed by atoms with Crippen molar-refractivity contribution < 1.29 is 4.92 Å². The van der Waals surface area contributed by atoms with E-state index in [4.69, 9.17) is 0 Å². The molecule has 0 N–H and O–H groups in total. The molecule has 5 nitrogen and oxygen atoms in total. The minimum absolute atomic E-state index is 0.148. The number of hydrogen-bond acceptors (Lipinski definition) is 3. The van der Waals surface area contributed by atoms with Gasteiger partial charge in [0.1, 0.15) is 12.4 Å². The van der Waals surface area contributed by atoms with Crippen LogP contribution in [0.4, 0.5) is 5.95 Å². The molecule has 0 saturated heterocycles. The second-order valence-corrected chi connectivity index (χ2v) is 1.93. The monoisotopic (exact) mass is 153 g/mol. The lowest BCUT2D eigenvalue weighted by Crippen LogP contribution is -2.00. The van der Waals surface area contributed by atoms with E-state index in [1.807, 2.05) is 0 Å². The number of aromatic nitrogens is 2. The zero-order valence-corrected chi connectivity index (χ0v) is 5.80. The van der Waals surface area contributed by atoms with Gasteiger partial charge in [-0.15, -0.1) is 0 Å². The first kappa shape index (κ1) is 7.46. The summed E-state index contributed by atoms with van der Waals surface area (Å²) in [6, 6.07) is 0. The van der Waals surface area contributed by atoms with Gasteiger partial charge in [0.2, 0.25) is 0 Å². The van der Waals surface area contributed by atoms with E-state index in [1.165, 1.54) is 10.8 Å². The van der Waals surface area contributed by atoms with Crippen LogP contribution in [0.3, 0.4) is 0 Å². The minimum atomic E-state index is -0.524. The summed E-state index contributed by atoms with van der Waals surface area (Å²) in [6.07, 6.45) is 4.51. The van der Waals surface area contributed by atoms with Crippen LogP contribution in [0.1, 0.15) is 0 Å². The number of allylic oxidation sites excluding steroid dienone is 1. The van der Waals surface area contributed by atoms with Crippen molar-refractivity contribution in [1.29, 1.82) is 0 Å². The summed E-state index contributed by atoms with van der Waals surface area (Å²) in [5.41, 5.74) is 0. The highest BCUT2D eigenvalue weighted by molar-refractivity contribution is 5.07. The van der Waals surface area contributed by atoms with Gasteiger partial charge in [0, 0.05) is 0 Å². The van der Waals surface area contributed by atoms with E-state index >= 15 is 0 Å². The van der Waals surface area contributed by atoms with E-state index < -0.39 is 4.92 Å². The molecule has 0 aromatic carbocycles. The van der Waals surface area contributed by atoms with Crippen LogP contribution in [-0.2, 0) is 6.54 Å². The fourth-order valence-corrected chi connectivity index (χ4v) is 0.755. The SMILES string of the molecule is C=CCn1ccnc1[N+](=O)[O-]. The van der Waals surface area contributed by atoms with Crippen LogP contribution >= 0.6 is 0 Å². The predicted octanol–water partition coefficient (Wildman–Crippen LogP) is 0.977. The molecule has 0 unspecified atom stereocenters. The minimum Gasteiger partial charge on any atom is -0.390 e. The van der Waals surface area contributed by atoms with Crippen molar-refractivity contribution in [3.05, 3.63) is 35.2 Å². The van der Waals surface area contributed by atoms with Gasteiger partial charge in [-0.05, 0) is 4.92 Å². The topological polar surface area (TPSA) is 61.0 Å². The first-order chi connectivity index (χ1) is 5.25. The molecule has 0 aliphatic rings. The molecule has 1 aromatic heterocycles. The molecule has 0 atom stereocenters. The lowest BCUT2D eigenvalue weighted by molar-refractivity contribution is -0.396.